The lowest BCUT2D eigenvalue weighted by Crippen LogP contribution is -2.35. The second kappa shape index (κ2) is 9.04. The van der Waals surface area contributed by atoms with Gasteiger partial charge in [0.05, 0.1) is 13.7 Å². The summed E-state index contributed by atoms with van der Waals surface area (Å²) in [6, 6.07) is 14.2. The van der Waals surface area contributed by atoms with Crippen LogP contribution in [0, 0.1) is 0 Å². The number of hydrogen-bond acceptors (Lipinski definition) is 6. The number of rotatable bonds is 7. The molecule has 3 rings (SSSR count). The number of carbonyl (C=O) groups excluding carboxylic acids is 1. The van der Waals surface area contributed by atoms with E-state index in [0.29, 0.717) is 16.4 Å². The van der Waals surface area contributed by atoms with Gasteiger partial charge in [0, 0.05) is 34.2 Å². The summed E-state index contributed by atoms with van der Waals surface area (Å²) in [6.07, 6.45) is 0. The summed E-state index contributed by atoms with van der Waals surface area (Å²) in [5.41, 5.74) is 1.34. The van der Waals surface area contributed by atoms with Gasteiger partial charge >= 0.3 is 0 Å². The summed E-state index contributed by atoms with van der Waals surface area (Å²) in [5, 5.41) is 4.64. The molecule has 0 aliphatic carbocycles. The molecule has 3 aromatic rings. The number of benzene rings is 2. The van der Waals surface area contributed by atoms with Gasteiger partial charge in [-0.25, -0.2) is 13.4 Å². The third kappa shape index (κ3) is 5.21. The van der Waals surface area contributed by atoms with Crippen molar-refractivity contribution in [2.45, 2.75) is 5.03 Å². The van der Waals surface area contributed by atoms with Crippen LogP contribution >= 0.6 is 27.3 Å². The minimum atomic E-state index is -3.90. The van der Waals surface area contributed by atoms with E-state index in [1.807, 2.05) is 24.3 Å². The number of sulfonamides is 1. The number of likely N-dealkylation sites (N-methyl/N-ethyl adjacent to an activating group) is 1. The summed E-state index contributed by atoms with van der Waals surface area (Å²) in [7, 11) is -1.02. The van der Waals surface area contributed by atoms with E-state index in [1.165, 1.54) is 30.9 Å². The number of methoxy groups -OCH3 is 1. The maximum absolute atomic E-state index is 12.8. The van der Waals surface area contributed by atoms with Crippen molar-refractivity contribution in [1.29, 1.82) is 0 Å². The first-order chi connectivity index (χ1) is 13.8. The van der Waals surface area contributed by atoms with E-state index in [1.54, 1.807) is 24.3 Å². The van der Waals surface area contributed by atoms with E-state index in [9.17, 15) is 13.2 Å². The molecule has 0 aliphatic heterocycles. The molecule has 152 valence electrons. The van der Waals surface area contributed by atoms with E-state index in [0.717, 1.165) is 14.3 Å². The molecule has 1 N–H and O–H groups in total. The Bertz CT molecular complexity index is 1110. The fourth-order valence-corrected chi connectivity index (χ4v) is 4.91. The average Bonchev–Trinajstić information content (AvgIpc) is 3.19. The highest BCUT2D eigenvalue weighted by Crippen LogP contribution is 2.28. The average molecular weight is 496 g/mol. The minimum absolute atomic E-state index is 0.0860. The van der Waals surface area contributed by atoms with Gasteiger partial charge in [0.15, 0.2) is 5.03 Å². The number of amides is 1. The van der Waals surface area contributed by atoms with Crippen molar-refractivity contribution in [2.24, 2.45) is 0 Å². The predicted octanol–water partition coefficient (Wildman–Crippen LogP) is 3.84. The molecule has 29 heavy (non-hydrogen) atoms. The fourth-order valence-electron chi connectivity index (χ4n) is 2.45. The Labute approximate surface area is 181 Å². The van der Waals surface area contributed by atoms with Gasteiger partial charge in [-0.1, -0.05) is 34.1 Å². The van der Waals surface area contributed by atoms with Gasteiger partial charge in [-0.15, -0.1) is 11.3 Å². The summed E-state index contributed by atoms with van der Waals surface area (Å²) < 4.78 is 32.6. The van der Waals surface area contributed by atoms with E-state index in [2.05, 4.69) is 26.2 Å². The molecule has 0 aliphatic rings. The zero-order chi connectivity index (χ0) is 21.0. The molecule has 1 heterocycles. The van der Waals surface area contributed by atoms with Crippen LogP contribution in [-0.4, -0.2) is 44.3 Å². The van der Waals surface area contributed by atoms with Crippen LogP contribution < -0.4 is 10.1 Å². The molecular weight excluding hydrogens is 478 g/mol. The van der Waals surface area contributed by atoms with Gasteiger partial charge < -0.3 is 10.1 Å². The number of thiazole rings is 1. The second-order valence-corrected chi connectivity index (χ2v) is 9.80. The van der Waals surface area contributed by atoms with E-state index in [-0.39, 0.29) is 11.6 Å². The van der Waals surface area contributed by atoms with Gasteiger partial charge in [-0.3, -0.25) is 4.79 Å². The molecule has 0 unspecified atom stereocenters. The van der Waals surface area contributed by atoms with Crippen molar-refractivity contribution < 1.29 is 17.9 Å². The first kappa shape index (κ1) is 21.4. The molecule has 0 fully saturated rings. The van der Waals surface area contributed by atoms with Crippen LogP contribution in [0.5, 0.6) is 5.75 Å². The Hall–Kier alpha value is -2.27. The summed E-state index contributed by atoms with van der Waals surface area (Å²) >= 11 is 4.60. The van der Waals surface area contributed by atoms with Crippen LogP contribution in [0.4, 0.5) is 5.69 Å². The molecule has 0 bridgehead atoms. The number of hydrogen-bond donors (Lipinski definition) is 1. The molecule has 7 nitrogen and oxygen atoms in total. The van der Waals surface area contributed by atoms with Crippen LogP contribution in [0.15, 0.2) is 63.4 Å². The van der Waals surface area contributed by atoms with Gasteiger partial charge in [0.1, 0.15) is 10.8 Å². The molecule has 2 aromatic carbocycles. The number of aromatic nitrogens is 1. The number of carbonyl (C=O) groups is 1. The van der Waals surface area contributed by atoms with Crippen molar-refractivity contribution in [3.8, 4) is 16.3 Å². The number of ether oxygens (including phenoxy) is 1. The fraction of sp³-hybridized carbons (Fsp3) is 0.158. The van der Waals surface area contributed by atoms with Crippen LogP contribution in [0.2, 0.25) is 0 Å². The predicted molar refractivity (Wildman–Crippen MR) is 117 cm³/mol. The number of anilines is 1. The first-order valence-electron chi connectivity index (χ1n) is 8.41. The van der Waals surface area contributed by atoms with Crippen LogP contribution in [0.1, 0.15) is 0 Å². The Morgan fingerprint density at radius 2 is 1.97 bits per heavy atom. The van der Waals surface area contributed by atoms with E-state index < -0.39 is 15.9 Å². The maximum atomic E-state index is 12.8. The lowest BCUT2D eigenvalue weighted by atomic mass is 10.2. The maximum Gasteiger partial charge on any atom is 0.261 e. The van der Waals surface area contributed by atoms with E-state index >= 15 is 0 Å². The highest BCUT2D eigenvalue weighted by atomic mass is 79.9. The van der Waals surface area contributed by atoms with Crippen molar-refractivity contribution in [3.63, 3.8) is 0 Å². The molecule has 0 saturated carbocycles. The molecule has 1 aromatic heterocycles. The van der Waals surface area contributed by atoms with Gasteiger partial charge in [-0.2, -0.15) is 4.31 Å². The van der Waals surface area contributed by atoms with Gasteiger partial charge in [-0.05, 0) is 24.3 Å². The Balaban J connectivity index is 1.70. The normalized spacial score (nSPS) is 11.4. The smallest absolute Gasteiger partial charge is 0.261 e. The third-order valence-corrected chi connectivity index (χ3v) is 7.23. The van der Waals surface area contributed by atoms with Gasteiger partial charge in [0.25, 0.3) is 10.0 Å². The number of nitrogens with zero attached hydrogens (tertiary/aromatic N) is 2. The van der Waals surface area contributed by atoms with Crippen LogP contribution in [0.3, 0.4) is 0 Å². The molecule has 0 saturated heterocycles. The molecular formula is C19H18BrN3O4S2. The summed E-state index contributed by atoms with van der Waals surface area (Å²) in [4.78, 5) is 16.5. The van der Waals surface area contributed by atoms with Gasteiger partial charge in [0.2, 0.25) is 5.91 Å². The Morgan fingerprint density at radius 3 is 2.66 bits per heavy atom. The van der Waals surface area contributed by atoms with Crippen LogP contribution in [-0.2, 0) is 14.8 Å². The molecule has 1 amide bonds. The lowest BCUT2D eigenvalue weighted by Gasteiger charge is -2.15. The molecule has 0 spiro atoms. The minimum Gasteiger partial charge on any atom is -0.497 e. The van der Waals surface area contributed by atoms with E-state index in [4.69, 9.17) is 4.74 Å². The summed E-state index contributed by atoms with van der Waals surface area (Å²) in [5.74, 6) is 0.124. The molecule has 10 heteroatoms. The van der Waals surface area contributed by atoms with Crippen molar-refractivity contribution in [2.75, 3.05) is 26.0 Å². The monoisotopic (exact) mass is 495 g/mol. The largest absolute Gasteiger partial charge is 0.497 e. The topological polar surface area (TPSA) is 88.6 Å². The Morgan fingerprint density at radius 1 is 1.24 bits per heavy atom. The SMILES string of the molecule is COc1cccc(NC(=O)CN(C)S(=O)(=O)c2csc(-c3ccc(Br)cc3)n2)c1. The van der Waals surface area contributed by atoms with Crippen molar-refractivity contribution in [3.05, 3.63) is 58.4 Å². The zero-order valence-corrected chi connectivity index (χ0v) is 18.8. The summed E-state index contributed by atoms with van der Waals surface area (Å²) in [6.45, 7) is -0.343. The lowest BCUT2D eigenvalue weighted by molar-refractivity contribution is -0.116. The molecule has 0 atom stereocenters. The standard InChI is InChI=1S/C19H18BrN3O4S2/c1-23(11-17(24)21-15-4-3-5-16(10-15)27-2)29(25,26)18-12-28-19(22-18)13-6-8-14(20)9-7-13/h3-10,12H,11H2,1-2H3,(H,21,24). The number of halogens is 1. The quantitative estimate of drug-likeness (QED) is 0.537. The van der Waals surface area contributed by atoms with Crippen molar-refractivity contribution in [1.82, 2.24) is 9.29 Å². The van der Waals surface area contributed by atoms with Crippen LogP contribution in [0.25, 0.3) is 10.6 Å². The first-order valence-corrected chi connectivity index (χ1v) is 11.5. The highest BCUT2D eigenvalue weighted by Gasteiger charge is 2.26. The third-order valence-electron chi connectivity index (χ3n) is 3.97. The molecule has 0 radical (unpaired) electrons. The Kier molecular flexibility index (Phi) is 6.68. The second-order valence-electron chi connectivity index (χ2n) is 6.04. The zero-order valence-electron chi connectivity index (χ0n) is 15.6. The number of nitrogens with one attached hydrogen (secondary N) is 1. The van der Waals surface area contributed by atoms with Crippen molar-refractivity contribution >= 4 is 48.9 Å². The highest BCUT2D eigenvalue weighted by molar-refractivity contribution is 9.10.